The van der Waals surface area contributed by atoms with E-state index in [-0.39, 0.29) is 24.5 Å². The first kappa shape index (κ1) is 26.2. The summed E-state index contributed by atoms with van der Waals surface area (Å²) >= 11 is 0. The summed E-state index contributed by atoms with van der Waals surface area (Å²) in [5, 5.41) is 0. The van der Waals surface area contributed by atoms with Crippen LogP contribution < -0.4 is 9.47 Å². The fourth-order valence-electron chi connectivity index (χ4n) is 4.71. The van der Waals surface area contributed by atoms with Crippen LogP contribution in [0.5, 0.6) is 11.6 Å². The number of ether oxygens (including phenoxy) is 2. The quantitative estimate of drug-likeness (QED) is 0.510. The van der Waals surface area contributed by atoms with Crippen LogP contribution in [0.4, 0.5) is 0 Å². The number of carbonyl (C=O) groups excluding carboxylic acids is 2. The number of methoxy groups -OCH3 is 1. The van der Waals surface area contributed by atoms with Gasteiger partial charge >= 0.3 is 0 Å². The first-order valence-electron chi connectivity index (χ1n) is 12.9. The molecule has 1 aliphatic rings. The third kappa shape index (κ3) is 6.67. The van der Waals surface area contributed by atoms with E-state index in [9.17, 15) is 9.59 Å². The Morgan fingerprint density at radius 3 is 2.49 bits per heavy atom. The molecule has 7 nitrogen and oxygen atoms in total. The van der Waals surface area contributed by atoms with Crippen molar-refractivity contribution in [2.45, 2.75) is 38.1 Å². The minimum Gasteiger partial charge on any atom is -0.491 e. The summed E-state index contributed by atoms with van der Waals surface area (Å²) in [5.41, 5.74) is 2.07. The third-order valence-electron chi connectivity index (χ3n) is 6.75. The zero-order valence-electron chi connectivity index (χ0n) is 21.6. The normalized spacial score (nSPS) is 17.4. The molecule has 0 spiro atoms. The highest BCUT2D eigenvalue weighted by molar-refractivity contribution is 5.97. The van der Waals surface area contributed by atoms with Crippen molar-refractivity contribution < 1.29 is 19.1 Å². The van der Waals surface area contributed by atoms with Gasteiger partial charge in [-0.25, -0.2) is 4.98 Å². The lowest BCUT2D eigenvalue weighted by molar-refractivity contribution is 0.0595. The molecule has 37 heavy (non-hydrogen) atoms. The van der Waals surface area contributed by atoms with Crippen molar-refractivity contribution in [1.82, 2.24) is 14.8 Å². The second-order valence-corrected chi connectivity index (χ2v) is 9.35. The van der Waals surface area contributed by atoms with E-state index in [1.807, 2.05) is 48.3 Å². The highest BCUT2D eigenvalue weighted by Gasteiger charge is 2.29. The predicted octanol–water partition coefficient (Wildman–Crippen LogP) is 4.87. The Kier molecular flexibility index (Phi) is 9.13. The minimum absolute atomic E-state index is 0.0553. The summed E-state index contributed by atoms with van der Waals surface area (Å²) < 4.78 is 11.7. The van der Waals surface area contributed by atoms with Crippen LogP contribution >= 0.6 is 0 Å². The Hall–Kier alpha value is -3.87. The van der Waals surface area contributed by atoms with Gasteiger partial charge in [0.2, 0.25) is 5.88 Å². The van der Waals surface area contributed by atoms with Gasteiger partial charge in [-0.2, -0.15) is 0 Å². The lowest BCUT2D eigenvalue weighted by Gasteiger charge is -2.33. The van der Waals surface area contributed by atoms with Crippen LogP contribution in [0.2, 0.25) is 0 Å². The zero-order valence-corrected chi connectivity index (χ0v) is 21.6. The van der Waals surface area contributed by atoms with Gasteiger partial charge in [-0.1, -0.05) is 55.3 Å². The second kappa shape index (κ2) is 12.9. The van der Waals surface area contributed by atoms with Crippen molar-refractivity contribution >= 4 is 11.8 Å². The molecule has 194 valence electrons. The average Bonchev–Trinajstić information content (AvgIpc) is 2.94. The van der Waals surface area contributed by atoms with Gasteiger partial charge in [0, 0.05) is 26.3 Å². The highest BCUT2D eigenvalue weighted by atomic mass is 16.5. The van der Waals surface area contributed by atoms with Gasteiger partial charge in [0.05, 0.1) is 18.7 Å². The summed E-state index contributed by atoms with van der Waals surface area (Å²) in [6, 6.07) is 20.7. The fraction of sp³-hybridized carbons (Fsp3) is 0.367. The van der Waals surface area contributed by atoms with E-state index in [2.05, 4.69) is 17.1 Å². The number of nitrogens with zero attached hydrogens (tertiary/aromatic N) is 3. The van der Waals surface area contributed by atoms with Gasteiger partial charge in [0.25, 0.3) is 11.8 Å². The van der Waals surface area contributed by atoms with Gasteiger partial charge in [-0.05, 0) is 49.1 Å². The second-order valence-electron chi connectivity index (χ2n) is 9.35. The molecule has 1 aromatic heterocycles. The molecular weight excluding hydrogens is 466 g/mol. The monoisotopic (exact) mass is 501 g/mol. The standard InChI is InChI=1S/C30H35N3O4/c1-32-19-10-3-4-11-20-33(30(35)26-16-12-18-31-28(26)36-2)24(21-23-13-6-5-7-14-23)22-37-27-17-9-8-15-25(27)29(32)34/h5-9,12-18,24H,3-4,10-11,19-22H2,1-2H3/t24-/m0/s1. The van der Waals surface area contributed by atoms with E-state index in [4.69, 9.17) is 9.47 Å². The Labute approximate surface area is 219 Å². The van der Waals surface area contributed by atoms with Crippen molar-refractivity contribution in [1.29, 1.82) is 0 Å². The SMILES string of the molecule is COc1ncccc1C(=O)N1CCCCCCN(C)C(=O)c2ccccc2OC[C@@H]1Cc1ccccc1. The summed E-state index contributed by atoms with van der Waals surface area (Å²) in [7, 11) is 3.36. The average molecular weight is 502 g/mol. The smallest absolute Gasteiger partial charge is 0.259 e. The molecule has 0 unspecified atom stereocenters. The molecule has 7 heteroatoms. The number of rotatable bonds is 4. The van der Waals surface area contributed by atoms with Crippen molar-refractivity contribution in [3.63, 3.8) is 0 Å². The van der Waals surface area contributed by atoms with E-state index in [0.717, 1.165) is 31.2 Å². The number of aromatic nitrogens is 1. The van der Waals surface area contributed by atoms with Crippen LogP contribution in [0.1, 0.15) is 52.0 Å². The number of carbonyl (C=O) groups is 2. The minimum atomic E-state index is -0.261. The van der Waals surface area contributed by atoms with Crippen molar-refractivity contribution in [3.05, 3.63) is 89.6 Å². The van der Waals surface area contributed by atoms with Gasteiger partial charge in [0.15, 0.2) is 0 Å². The highest BCUT2D eigenvalue weighted by Crippen LogP contribution is 2.24. The number of amides is 2. The molecule has 0 saturated heterocycles. The van der Waals surface area contributed by atoms with Crippen LogP contribution in [0.3, 0.4) is 0 Å². The third-order valence-corrected chi connectivity index (χ3v) is 6.75. The van der Waals surface area contributed by atoms with E-state index in [1.165, 1.54) is 7.11 Å². The summed E-state index contributed by atoms with van der Waals surface area (Å²) in [6.45, 7) is 1.52. The molecule has 0 saturated carbocycles. The molecule has 3 aromatic rings. The van der Waals surface area contributed by atoms with Crippen LogP contribution in [-0.2, 0) is 6.42 Å². The van der Waals surface area contributed by atoms with E-state index in [1.54, 1.807) is 29.3 Å². The molecule has 2 heterocycles. The van der Waals surface area contributed by atoms with Crippen molar-refractivity contribution in [3.8, 4) is 11.6 Å². The number of hydrogen-bond acceptors (Lipinski definition) is 5. The molecule has 4 rings (SSSR count). The molecule has 0 radical (unpaired) electrons. The molecule has 1 atom stereocenters. The zero-order chi connectivity index (χ0) is 26.0. The Balaban J connectivity index is 1.71. The molecular formula is C30H35N3O4. The number of benzene rings is 2. The maximum absolute atomic E-state index is 14.0. The van der Waals surface area contributed by atoms with Crippen LogP contribution in [0.25, 0.3) is 0 Å². The van der Waals surface area contributed by atoms with Crippen LogP contribution in [0, 0.1) is 0 Å². The van der Waals surface area contributed by atoms with E-state index >= 15 is 0 Å². The number of para-hydroxylation sites is 1. The topological polar surface area (TPSA) is 72.0 Å². The van der Waals surface area contributed by atoms with Gasteiger partial charge in [-0.3, -0.25) is 9.59 Å². The van der Waals surface area contributed by atoms with Crippen LogP contribution in [0.15, 0.2) is 72.9 Å². The molecule has 0 fully saturated rings. The predicted molar refractivity (Wildman–Crippen MR) is 143 cm³/mol. The fourth-order valence-corrected chi connectivity index (χ4v) is 4.71. The van der Waals surface area contributed by atoms with Crippen LogP contribution in [-0.4, -0.2) is 66.5 Å². The Morgan fingerprint density at radius 2 is 1.70 bits per heavy atom. The molecule has 0 bridgehead atoms. The summed E-state index contributed by atoms with van der Waals surface area (Å²) in [5.74, 6) is 0.650. The molecule has 1 aliphatic heterocycles. The Bertz CT molecular complexity index is 1180. The lowest BCUT2D eigenvalue weighted by atomic mass is 10.0. The largest absolute Gasteiger partial charge is 0.491 e. The maximum Gasteiger partial charge on any atom is 0.259 e. The van der Waals surface area contributed by atoms with E-state index in [0.29, 0.717) is 42.3 Å². The molecule has 2 amide bonds. The van der Waals surface area contributed by atoms with Gasteiger partial charge in [-0.15, -0.1) is 0 Å². The molecule has 0 aliphatic carbocycles. The number of pyridine rings is 1. The van der Waals surface area contributed by atoms with Gasteiger partial charge in [0.1, 0.15) is 17.9 Å². The lowest BCUT2D eigenvalue weighted by Crippen LogP contribution is -2.46. The van der Waals surface area contributed by atoms with Crippen molar-refractivity contribution in [2.75, 3.05) is 33.9 Å². The maximum atomic E-state index is 14.0. The van der Waals surface area contributed by atoms with Gasteiger partial charge < -0.3 is 19.3 Å². The summed E-state index contributed by atoms with van der Waals surface area (Å²) in [4.78, 5) is 35.0. The first-order chi connectivity index (χ1) is 18.1. The number of hydrogen-bond donors (Lipinski definition) is 0. The van der Waals surface area contributed by atoms with E-state index < -0.39 is 0 Å². The molecule has 0 N–H and O–H groups in total. The van der Waals surface area contributed by atoms with Crippen molar-refractivity contribution in [2.24, 2.45) is 0 Å². The Morgan fingerprint density at radius 1 is 0.973 bits per heavy atom. The first-order valence-corrected chi connectivity index (χ1v) is 12.9. The number of fused-ring (bicyclic) bond motifs is 1. The summed E-state index contributed by atoms with van der Waals surface area (Å²) in [6.07, 6.45) is 5.94. The molecule has 2 aromatic carbocycles.